The lowest BCUT2D eigenvalue weighted by molar-refractivity contribution is -0.127. The van der Waals surface area contributed by atoms with Crippen LogP contribution in [0.5, 0.6) is 0 Å². The molecule has 0 aliphatic heterocycles. The van der Waals surface area contributed by atoms with Crippen LogP contribution in [0.1, 0.15) is 71.6 Å². The summed E-state index contributed by atoms with van der Waals surface area (Å²) in [5.41, 5.74) is 6.37. The van der Waals surface area contributed by atoms with Crippen LogP contribution < -0.4 is 11.1 Å². The predicted molar refractivity (Wildman–Crippen MR) is 83.3 cm³/mol. The largest absolute Gasteiger partial charge is 0.355 e. The number of carbonyl (C=O) groups is 1. The summed E-state index contributed by atoms with van der Waals surface area (Å²) in [6.45, 7) is 5.27. The van der Waals surface area contributed by atoms with Crippen LogP contribution in [0.25, 0.3) is 0 Å². The van der Waals surface area contributed by atoms with Gasteiger partial charge in [0.25, 0.3) is 0 Å². The first kappa shape index (κ1) is 15.8. The van der Waals surface area contributed by atoms with Crippen LogP contribution in [-0.2, 0) is 4.79 Å². The zero-order valence-electron chi connectivity index (χ0n) is 13.3. The van der Waals surface area contributed by atoms with E-state index in [1.54, 1.807) is 0 Å². The first-order chi connectivity index (χ1) is 9.50. The zero-order chi connectivity index (χ0) is 14.6. The highest BCUT2D eigenvalue weighted by Crippen LogP contribution is 2.35. The van der Waals surface area contributed by atoms with Crippen molar-refractivity contribution >= 4 is 5.91 Å². The van der Waals surface area contributed by atoms with Crippen molar-refractivity contribution in [2.24, 2.45) is 23.0 Å². The fourth-order valence-electron chi connectivity index (χ4n) is 3.98. The molecule has 0 spiro atoms. The van der Waals surface area contributed by atoms with Crippen LogP contribution in [0.15, 0.2) is 0 Å². The van der Waals surface area contributed by atoms with E-state index >= 15 is 0 Å². The van der Waals surface area contributed by atoms with Gasteiger partial charge in [-0.1, -0.05) is 39.5 Å². The highest BCUT2D eigenvalue weighted by molar-refractivity contribution is 5.78. The molecule has 20 heavy (non-hydrogen) atoms. The van der Waals surface area contributed by atoms with Gasteiger partial charge in [-0.05, 0) is 43.4 Å². The van der Waals surface area contributed by atoms with Gasteiger partial charge in [-0.3, -0.25) is 4.79 Å². The van der Waals surface area contributed by atoms with E-state index in [0.717, 1.165) is 19.4 Å². The molecule has 0 radical (unpaired) electrons. The zero-order valence-corrected chi connectivity index (χ0v) is 13.3. The molecule has 2 fully saturated rings. The maximum absolute atomic E-state index is 12.4. The minimum atomic E-state index is 0.119. The molecule has 0 aromatic carbocycles. The van der Waals surface area contributed by atoms with Crippen molar-refractivity contribution < 1.29 is 4.79 Å². The van der Waals surface area contributed by atoms with E-state index in [1.807, 2.05) is 0 Å². The van der Waals surface area contributed by atoms with Crippen molar-refractivity contribution in [3.05, 3.63) is 0 Å². The van der Waals surface area contributed by atoms with Gasteiger partial charge in [-0.15, -0.1) is 0 Å². The van der Waals surface area contributed by atoms with Gasteiger partial charge >= 0.3 is 0 Å². The average molecular weight is 280 g/mol. The maximum Gasteiger partial charge on any atom is 0.223 e. The molecule has 3 nitrogen and oxygen atoms in total. The lowest BCUT2D eigenvalue weighted by Gasteiger charge is -2.35. The van der Waals surface area contributed by atoms with Crippen LogP contribution in [0.2, 0.25) is 0 Å². The van der Waals surface area contributed by atoms with Crippen LogP contribution >= 0.6 is 0 Å². The van der Waals surface area contributed by atoms with Crippen molar-refractivity contribution in [2.45, 2.75) is 77.7 Å². The van der Waals surface area contributed by atoms with Gasteiger partial charge in [-0.25, -0.2) is 0 Å². The van der Waals surface area contributed by atoms with E-state index < -0.39 is 0 Å². The number of hydrogen-bond donors (Lipinski definition) is 2. The molecule has 2 saturated carbocycles. The molecule has 1 amide bonds. The van der Waals surface area contributed by atoms with Crippen LogP contribution in [-0.4, -0.2) is 18.5 Å². The molecular formula is C17H32N2O. The standard InChI is InChI=1S/C17H32N2O/c1-13(14-7-6-8-15(18)11-14)16(20)19-12-17(2)9-4-3-5-10-17/h13-15H,3-12,18H2,1-2H3,(H,19,20). The van der Waals surface area contributed by atoms with Crippen LogP contribution in [0, 0.1) is 17.3 Å². The molecule has 3 heteroatoms. The molecule has 2 aliphatic carbocycles. The van der Waals surface area contributed by atoms with Crippen molar-refractivity contribution in [1.29, 1.82) is 0 Å². The normalized spacial score (nSPS) is 31.6. The molecule has 3 atom stereocenters. The predicted octanol–water partition coefficient (Wildman–Crippen LogP) is 3.23. The molecule has 3 unspecified atom stereocenters. The summed E-state index contributed by atoms with van der Waals surface area (Å²) in [4.78, 5) is 12.4. The maximum atomic E-state index is 12.4. The van der Waals surface area contributed by atoms with Crippen molar-refractivity contribution in [3.63, 3.8) is 0 Å². The van der Waals surface area contributed by atoms with E-state index in [0.29, 0.717) is 17.4 Å². The first-order valence-corrected chi connectivity index (χ1v) is 8.53. The molecular weight excluding hydrogens is 248 g/mol. The fourth-order valence-corrected chi connectivity index (χ4v) is 3.98. The second kappa shape index (κ2) is 6.93. The Balaban J connectivity index is 1.78. The summed E-state index contributed by atoms with van der Waals surface area (Å²) in [6.07, 6.45) is 11.0. The molecule has 0 saturated heterocycles. The average Bonchev–Trinajstić information content (AvgIpc) is 2.45. The highest BCUT2D eigenvalue weighted by atomic mass is 16.1. The lowest BCUT2D eigenvalue weighted by atomic mass is 9.75. The smallest absolute Gasteiger partial charge is 0.223 e. The molecule has 2 rings (SSSR count). The summed E-state index contributed by atoms with van der Waals surface area (Å²) in [6, 6.07) is 0.305. The van der Waals surface area contributed by atoms with E-state index in [1.165, 1.54) is 44.9 Å². The molecule has 0 bridgehead atoms. The Labute approximate surface area is 124 Å². The Kier molecular flexibility index (Phi) is 5.48. The van der Waals surface area contributed by atoms with E-state index in [-0.39, 0.29) is 11.8 Å². The number of amides is 1. The minimum absolute atomic E-state index is 0.119. The van der Waals surface area contributed by atoms with Gasteiger partial charge in [0.05, 0.1) is 0 Å². The Hall–Kier alpha value is -0.570. The Morgan fingerprint density at radius 2 is 1.95 bits per heavy atom. The minimum Gasteiger partial charge on any atom is -0.355 e. The third kappa shape index (κ3) is 4.21. The Morgan fingerprint density at radius 1 is 1.25 bits per heavy atom. The second-order valence-corrected chi connectivity index (χ2v) is 7.56. The van der Waals surface area contributed by atoms with Crippen molar-refractivity contribution in [1.82, 2.24) is 5.32 Å². The molecule has 2 aliphatic rings. The number of carbonyl (C=O) groups excluding carboxylic acids is 1. The summed E-state index contributed by atoms with van der Waals surface area (Å²) >= 11 is 0. The molecule has 116 valence electrons. The third-order valence-electron chi connectivity index (χ3n) is 5.63. The topological polar surface area (TPSA) is 55.1 Å². The Bertz CT molecular complexity index is 323. The van der Waals surface area contributed by atoms with Gasteiger partial charge in [0.1, 0.15) is 0 Å². The van der Waals surface area contributed by atoms with Crippen LogP contribution in [0.4, 0.5) is 0 Å². The van der Waals surface area contributed by atoms with E-state index in [2.05, 4.69) is 19.2 Å². The third-order valence-corrected chi connectivity index (χ3v) is 5.63. The van der Waals surface area contributed by atoms with Crippen molar-refractivity contribution in [3.8, 4) is 0 Å². The first-order valence-electron chi connectivity index (χ1n) is 8.53. The molecule has 0 aromatic heterocycles. The second-order valence-electron chi connectivity index (χ2n) is 7.56. The van der Waals surface area contributed by atoms with Gasteiger partial charge in [-0.2, -0.15) is 0 Å². The number of nitrogens with two attached hydrogens (primary N) is 1. The number of nitrogens with one attached hydrogen (secondary N) is 1. The van der Waals surface area contributed by atoms with Gasteiger partial charge in [0.15, 0.2) is 0 Å². The molecule has 0 heterocycles. The summed E-state index contributed by atoms with van der Waals surface area (Å²) in [5, 5.41) is 3.23. The van der Waals surface area contributed by atoms with Gasteiger partial charge < -0.3 is 11.1 Å². The molecule has 0 aromatic rings. The van der Waals surface area contributed by atoms with Gasteiger partial charge in [0.2, 0.25) is 5.91 Å². The summed E-state index contributed by atoms with van der Waals surface area (Å²) < 4.78 is 0. The number of hydrogen-bond acceptors (Lipinski definition) is 2. The van der Waals surface area contributed by atoms with E-state index in [9.17, 15) is 4.79 Å². The SMILES string of the molecule is CC(C(=O)NCC1(C)CCCCC1)C1CCCC(N)C1. The van der Waals surface area contributed by atoms with E-state index in [4.69, 9.17) is 5.73 Å². The summed E-state index contributed by atoms with van der Waals surface area (Å²) in [5.74, 6) is 0.849. The van der Waals surface area contributed by atoms with Crippen LogP contribution in [0.3, 0.4) is 0 Å². The highest BCUT2D eigenvalue weighted by Gasteiger charge is 2.31. The van der Waals surface area contributed by atoms with Crippen molar-refractivity contribution in [2.75, 3.05) is 6.54 Å². The Morgan fingerprint density at radius 3 is 2.60 bits per heavy atom. The molecule has 3 N–H and O–H groups in total. The fraction of sp³-hybridized carbons (Fsp3) is 0.941. The number of rotatable bonds is 4. The van der Waals surface area contributed by atoms with Gasteiger partial charge in [0, 0.05) is 18.5 Å². The monoisotopic (exact) mass is 280 g/mol. The lowest BCUT2D eigenvalue weighted by Crippen LogP contribution is -2.42. The quantitative estimate of drug-likeness (QED) is 0.830. The summed E-state index contributed by atoms with van der Waals surface area (Å²) in [7, 11) is 0.